The fourth-order valence-corrected chi connectivity index (χ4v) is 4.20. The Hall–Kier alpha value is -1.80. The van der Waals surface area contributed by atoms with Gasteiger partial charge in [0.25, 0.3) is 0 Å². The summed E-state index contributed by atoms with van der Waals surface area (Å²) in [7, 11) is 0. The molecule has 9 heteroatoms. The average Bonchev–Trinajstić information content (AvgIpc) is 3.10. The summed E-state index contributed by atoms with van der Waals surface area (Å²) in [5.41, 5.74) is -0.527. The zero-order valence-corrected chi connectivity index (χ0v) is 17.2. The van der Waals surface area contributed by atoms with Crippen LogP contribution in [0.5, 0.6) is 0 Å². The summed E-state index contributed by atoms with van der Waals surface area (Å²) in [5.74, 6) is -0.142. The fourth-order valence-electron chi connectivity index (χ4n) is 4.20. The van der Waals surface area contributed by atoms with Gasteiger partial charge in [-0.05, 0) is 72.1 Å². The Morgan fingerprint density at radius 3 is 1.86 bits per heavy atom. The number of aromatic nitrogens is 2. The quantitative estimate of drug-likeness (QED) is 0.707. The molecule has 1 aromatic rings. The normalized spacial score (nSPS) is 28.8. The molecule has 0 bridgehead atoms. The van der Waals surface area contributed by atoms with Crippen molar-refractivity contribution in [1.82, 2.24) is 15.5 Å². The molecular formula is C20H30F3N3O3. The van der Waals surface area contributed by atoms with E-state index in [0.29, 0.717) is 24.6 Å². The van der Waals surface area contributed by atoms with E-state index in [9.17, 15) is 18.0 Å². The molecule has 2 fully saturated rings. The monoisotopic (exact) mass is 417 g/mol. The molecule has 2 aliphatic rings. The predicted molar refractivity (Wildman–Crippen MR) is 99.4 cm³/mol. The van der Waals surface area contributed by atoms with Crippen LogP contribution in [0.2, 0.25) is 0 Å². The van der Waals surface area contributed by atoms with Crippen LogP contribution in [0.3, 0.4) is 0 Å². The topological polar surface area (TPSA) is 77.2 Å². The van der Waals surface area contributed by atoms with Crippen molar-refractivity contribution in [2.75, 3.05) is 0 Å². The van der Waals surface area contributed by atoms with Gasteiger partial charge in [-0.3, -0.25) is 0 Å². The van der Waals surface area contributed by atoms with Gasteiger partial charge in [0.2, 0.25) is 11.8 Å². The largest absolute Gasteiger partial charge is 0.444 e. The van der Waals surface area contributed by atoms with Crippen LogP contribution in [-0.2, 0) is 4.74 Å². The number of halogens is 3. The van der Waals surface area contributed by atoms with E-state index in [0.717, 1.165) is 25.7 Å². The first-order valence-corrected chi connectivity index (χ1v) is 10.4. The summed E-state index contributed by atoms with van der Waals surface area (Å²) in [6, 6.07) is 0.0566. The molecule has 2 saturated carbocycles. The summed E-state index contributed by atoms with van der Waals surface area (Å²) in [5, 5.41) is 11.2. The zero-order chi connectivity index (χ0) is 21.2. The van der Waals surface area contributed by atoms with Gasteiger partial charge >= 0.3 is 12.3 Å². The maximum Gasteiger partial charge on any atom is 0.407 e. The number of nitrogens with one attached hydrogen (secondary N) is 1. The highest BCUT2D eigenvalue weighted by molar-refractivity contribution is 5.68. The highest BCUT2D eigenvalue weighted by Gasteiger charge is 2.42. The second-order valence-corrected chi connectivity index (χ2v) is 9.26. The van der Waals surface area contributed by atoms with Crippen molar-refractivity contribution in [3.05, 3.63) is 11.8 Å². The Morgan fingerprint density at radius 2 is 1.41 bits per heavy atom. The SMILES string of the molecule is CC(C)(C)OC(=O)N[C@H]1CC[C@H](c2nnc(C3CCC(C(F)(F)F)CC3)o2)CC1. The molecule has 1 amide bonds. The summed E-state index contributed by atoms with van der Waals surface area (Å²) in [6.07, 6.45) is -0.230. The summed E-state index contributed by atoms with van der Waals surface area (Å²) in [4.78, 5) is 11.9. The van der Waals surface area contributed by atoms with Gasteiger partial charge in [-0.15, -0.1) is 10.2 Å². The molecule has 164 valence electrons. The van der Waals surface area contributed by atoms with Gasteiger partial charge in [-0.2, -0.15) is 13.2 Å². The minimum Gasteiger partial charge on any atom is -0.444 e. The number of ether oxygens (including phenoxy) is 1. The van der Waals surface area contributed by atoms with Crippen LogP contribution in [0.4, 0.5) is 18.0 Å². The van der Waals surface area contributed by atoms with Crippen molar-refractivity contribution in [2.45, 2.75) is 102 Å². The van der Waals surface area contributed by atoms with Gasteiger partial charge in [0.05, 0.1) is 5.92 Å². The van der Waals surface area contributed by atoms with Crippen molar-refractivity contribution in [3.63, 3.8) is 0 Å². The van der Waals surface area contributed by atoms with Crippen LogP contribution in [0.25, 0.3) is 0 Å². The molecule has 0 aromatic carbocycles. The Kier molecular flexibility index (Phi) is 6.43. The van der Waals surface area contributed by atoms with E-state index in [1.54, 1.807) is 0 Å². The molecule has 0 unspecified atom stereocenters. The molecule has 1 heterocycles. The highest BCUT2D eigenvalue weighted by atomic mass is 19.4. The smallest absolute Gasteiger partial charge is 0.407 e. The Labute approximate surface area is 169 Å². The number of rotatable bonds is 3. The van der Waals surface area contributed by atoms with E-state index in [4.69, 9.17) is 9.15 Å². The lowest BCUT2D eigenvalue weighted by molar-refractivity contribution is -0.182. The first kappa shape index (κ1) is 21.9. The van der Waals surface area contributed by atoms with Crippen molar-refractivity contribution in [1.29, 1.82) is 0 Å². The van der Waals surface area contributed by atoms with E-state index in [-0.39, 0.29) is 30.7 Å². The number of carbonyl (C=O) groups is 1. The molecule has 0 saturated heterocycles. The first-order valence-electron chi connectivity index (χ1n) is 10.4. The van der Waals surface area contributed by atoms with Crippen LogP contribution in [0.1, 0.15) is 95.8 Å². The van der Waals surface area contributed by atoms with Crippen molar-refractivity contribution in [2.24, 2.45) is 5.92 Å². The number of alkyl carbamates (subject to hydrolysis) is 1. The molecule has 29 heavy (non-hydrogen) atoms. The third-order valence-electron chi connectivity index (χ3n) is 5.79. The number of nitrogens with zero attached hydrogens (tertiary/aromatic N) is 2. The molecule has 6 nitrogen and oxygen atoms in total. The number of hydrogen-bond donors (Lipinski definition) is 1. The van der Waals surface area contributed by atoms with Crippen LogP contribution in [0.15, 0.2) is 4.42 Å². The van der Waals surface area contributed by atoms with Crippen LogP contribution in [0, 0.1) is 5.92 Å². The molecular weight excluding hydrogens is 387 g/mol. The van der Waals surface area contributed by atoms with Crippen molar-refractivity contribution >= 4 is 6.09 Å². The molecule has 1 N–H and O–H groups in total. The standard InChI is InChI=1S/C20H30F3N3O3/c1-19(2,3)29-18(27)24-15-10-6-13(7-11-15)17-26-25-16(28-17)12-4-8-14(9-5-12)20(21,22)23/h12-15H,4-11H2,1-3H3,(H,24,27)/t12?,13-,14?,15-. The lowest BCUT2D eigenvalue weighted by Crippen LogP contribution is -2.40. The van der Waals surface area contributed by atoms with Crippen LogP contribution >= 0.6 is 0 Å². The second-order valence-electron chi connectivity index (χ2n) is 9.26. The van der Waals surface area contributed by atoms with E-state index in [1.807, 2.05) is 20.8 Å². The Morgan fingerprint density at radius 1 is 0.931 bits per heavy atom. The third-order valence-corrected chi connectivity index (χ3v) is 5.79. The van der Waals surface area contributed by atoms with Gasteiger partial charge in [-0.25, -0.2) is 4.79 Å². The lowest BCUT2D eigenvalue weighted by atomic mass is 9.81. The molecule has 0 radical (unpaired) electrons. The molecule has 3 rings (SSSR count). The van der Waals surface area contributed by atoms with Gasteiger partial charge in [0, 0.05) is 17.9 Å². The lowest BCUT2D eigenvalue weighted by Gasteiger charge is -2.29. The van der Waals surface area contributed by atoms with Gasteiger partial charge < -0.3 is 14.5 Å². The Bertz CT molecular complexity index is 683. The van der Waals surface area contributed by atoms with Crippen molar-refractivity contribution < 1.29 is 27.1 Å². The van der Waals surface area contributed by atoms with Crippen LogP contribution < -0.4 is 5.32 Å². The average molecular weight is 417 g/mol. The molecule has 1 aromatic heterocycles. The number of carbonyl (C=O) groups excluding carboxylic acids is 1. The summed E-state index contributed by atoms with van der Waals surface area (Å²) < 4.78 is 49.6. The van der Waals surface area contributed by atoms with Crippen LogP contribution in [-0.4, -0.2) is 34.1 Å². The minimum absolute atomic E-state index is 0.0566. The minimum atomic E-state index is -4.11. The maximum atomic E-state index is 12.8. The third kappa shape index (κ3) is 6.09. The predicted octanol–water partition coefficient (Wildman–Crippen LogP) is 5.46. The summed E-state index contributed by atoms with van der Waals surface area (Å²) >= 11 is 0. The highest BCUT2D eigenvalue weighted by Crippen LogP contribution is 2.43. The van der Waals surface area contributed by atoms with Gasteiger partial charge in [-0.1, -0.05) is 0 Å². The molecule has 0 atom stereocenters. The van der Waals surface area contributed by atoms with E-state index < -0.39 is 23.8 Å². The van der Waals surface area contributed by atoms with E-state index >= 15 is 0 Å². The molecule has 0 aliphatic heterocycles. The number of amides is 1. The molecule has 2 aliphatic carbocycles. The van der Waals surface area contributed by atoms with E-state index in [1.165, 1.54) is 0 Å². The maximum absolute atomic E-state index is 12.8. The zero-order valence-electron chi connectivity index (χ0n) is 17.2. The van der Waals surface area contributed by atoms with Crippen molar-refractivity contribution in [3.8, 4) is 0 Å². The fraction of sp³-hybridized carbons (Fsp3) is 0.850. The van der Waals surface area contributed by atoms with Gasteiger partial charge in [0.1, 0.15) is 5.60 Å². The van der Waals surface area contributed by atoms with Gasteiger partial charge in [0.15, 0.2) is 0 Å². The first-order chi connectivity index (χ1) is 13.5. The number of hydrogen-bond acceptors (Lipinski definition) is 5. The Balaban J connectivity index is 1.47. The molecule has 0 spiro atoms. The number of alkyl halides is 3. The second kappa shape index (κ2) is 8.52. The summed E-state index contributed by atoms with van der Waals surface area (Å²) in [6.45, 7) is 5.48. The van der Waals surface area contributed by atoms with E-state index in [2.05, 4.69) is 15.5 Å².